The fourth-order valence-corrected chi connectivity index (χ4v) is 1.83. The highest BCUT2D eigenvalue weighted by Crippen LogP contribution is 2.31. The monoisotopic (exact) mass is 305 g/mol. The Bertz CT molecular complexity index is 887. The largest absolute Gasteiger partial charge is 0.477 e. The lowest BCUT2D eigenvalue weighted by Gasteiger charge is -2.05. The van der Waals surface area contributed by atoms with Crippen molar-refractivity contribution in [2.75, 3.05) is 0 Å². The molecule has 0 aliphatic rings. The number of non-ortho nitro benzene ring substituents is 1. The first-order valence-corrected chi connectivity index (χ1v) is 5.63. The molecule has 9 heteroatoms. The predicted molar refractivity (Wildman–Crippen MR) is 69.5 cm³/mol. The van der Waals surface area contributed by atoms with Gasteiger partial charge in [-0.3, -0.25) is 10.1 Å². The Balaban J connectivity index is 2.92. The van der Waals surface area contributed by atoms with Crippen LogP contribution in [0.4, 0.5) is 14.5 Å². The first kappa shape index (κ1) is 15.0. The minimum atomic E-state index is -1.57. The van der Waals surface area contributed by atoms with E-state index in [0.717, 1.165) is 18.3 Å². The van der Waals surface area contributed by atoms with Gasteiger partial charge >= 0.3 is 5.97 Å². The van der Waals surface area contributed by atoms with Crippen molar-refractivity contribution < 1.29 is 23.6 Å². The summed E-state index contributed by atoms with van der Waals surface area (Å²) in [5.41, 5.74) is -2.15. The van der Waals surface area contributed by atoms with Gasteiger partial charge in [0.15, 0.2) is 17.2 Å². The third-order valence-corrected chi connectivity index (χ3v) is 2.77. The van der Waals surface area contributed by atoms with E-state index in [1.807, 2.05) is 0 Å². The summed E-state index contributed by atoms with van der Waals surface area (Å²) in [5, 5.41) is 27.8. The standard InChI is InChI=1S/C13H5F2N3O4/c14-8-4-9(18(21)22)12-10(11(8)15)6(1-2-17-12)3-7(5-16)13(19)20/h1-4H,(H,19,20). The summed E-state index contributed by atoms with van der Waals surface area (Å²) < 4.78 is 27.5. The summed E-state index contributed by atoms with van der Waals surface area (Å²) in [6, 6.07) is 2.89. The molecule has 1 aromatic heterocycles. The topological polar surface area (TPSA) is 117 Å². The van der Waals surface area contributed by atoms with Gasteiger partial charge in [-0.25, -0.2) is 18.6 Å². The Morgan fingerprint density at radius 3 is 2.73 bits per heavy atom. The first-order valence-electron chi connectivity index (χ1n) is 5.63. The zero-order chi connectivity index (χ0) is 16.4. The maximum absolute atomic E-state index is 14.0. The second-order valence-corrected chi connectivity index (χ2v) is 4.05. The number of rotatable bonds is 3. The van der Waals surface area contributed by atoms with Crippen LogP contribution in [0.1, 0.15) is 5.56 Å². The number of aromatic nitrogens is 1. The molecular formula is C13H5F2N3O4. The van der Waals surface area contributed by atoms with Gasteiger partial charge in [0.25, 0.3) is 5.69 Å². The average molecular weight is 305 g/mol. The lowest BCUT2D eigenvalue weighted by atomic mass is 10.0. The highest BCUT2D eigenvalue weighted by atomic mass is 19.2. The van der Waals surface area contributed by atoms with Crippen LogP contribution in [0.5, 0.6) is 0 Å². The minimum absolute atomic E-state index is 0.205. The van der Waals surface area contributed by atoms with Crippen LogP contribution in [0.25, 0.3) is 17.0 Å². The van der Waals surface area contributed by atoms with Crippen molar-refractivity contribution in [3.05, 3.63) is 51.2 Å². The second kappa shape index (κ2) is 5.53. The van der Waals surface area contributed by atoms with Gasteiger partial charge < -0.3 is 5.11 Å². The van der Waals surface area contributed by atoms with Crippen molar-refractivity contribution in [3.8, 4) is 6.07 Å². The molecule has 0 unspecified atom stereocenters. The molecule has 0 saturated heterocycles. The van der Waals surface area contributed by atoms with Crippen LogP contribution in [0.3, 0.4) is 0 Å². The molecule has 1 heterocycles. The lowest BCUT2D eigenvalue weighted by molar-refractivity contribution is -0.383. The van der Waals surface area contributed by atoms with E-state index < -0.39 is 44.7 Å². The molecule has 1 aromatic carbocycles. The maximum Gasteiger partial charge on any atom is 0.346 e. The highest BCUT2D eigenvalue weighted by molar-refractivity contribution is 6.01. The molecule has 0 aliphatic heterocycles. The van der Waals surface area contributed by atoms with E-state index in [9.17, 15) is 23.7 Å². The fourth-order valence-electron chi connectivity index (χ4n) is 1.83. The lowest BCUT2D eigenvalue weighted by Crippen LogP contribution is -2.00. The predicted octanol–water partition coefficient (Wildman–Crippen LogP) is 2.41. The molecule has 0 fully saturated rings. The Morgan fingerprint density at radius 2 is 2.18 bits per heavy atom. The smallest absolute Gasteiger partial charge is 0.346 e. The third-order valence-electron chi connectivity index (χ3n) is 2.77. The van der Waals surface area contributed by atoms with Gasteiger partial charge in [-0.1, -0.05) is 0 Å². The molecule has 0 atom stereocenters. The Kier molecular flexibility index (Phi) is 3.77. The molecular weight excluding hydrogens is 300 g/mol. The average Bonchev–Trinajstić information content (AvgIpc) is 2.47. The van der Waals surface area contributed by atoms with E-state index in [2.05, 4.69) is 4.98 Å². The molecule has 0 radical (unpaired) electrons. The van der Waals surface area contributed by atoms with Gasteiger partial charge in [-0.2, -0.15) is 5.26 Å². The number of nitriles is 1. The Labute approximate surface area is 120 Å². The molecule has 110 valence electrons. The van der Waals surface area contributed by atoms with Crippen molar-refractivity contribution in [1.29, 1.82) is 5.26 Å². The van der Waals surface area contributed by atoms with Crippen molar-refractivity contribution in [3.63, 3.8) is 0 Å². The minimum Gasteiger partial charge on any atom is -0.477 e. The molecule has 0 spiro atoms. The van der Waals surface area contributed by atoms with Crippen LogP contribution >= 0.6 is 0 Å². The van der Waals surface area contributed by atoms with Crippen LogP contribution in [-0.2, 0) is 4.79 Å². The zero-order valence-corrected chi connectivity index (χ0v) is 10.6. The number of fused-ring (bicyclic) bond motifs is 1. The van der Waals surface area contributed by atoms with Gasteiger partial charge in [0, 0.05) is 6.20 Å². The molecule has 0 aliphatic carbocycles. The SMILES string of the molecule is N#CC(=Cc1ccnc2c([N+](=O)[O-])cc(F)c(F)c12)C(=O)O. The number of nitro groups is 1. The number of hydrogen-bond donors (Lipinski definition) is 1. The molecule has 1 N–H and O–H groups in total. The molecule has 0 saturated carbocycles. The number of hydrogen-bond acceptors (Lipinski definition) is 5. The molecule has 7 nitrogen and oxygen atoms in total. The van der Waals surface area contributed by atoms with Crippen LogP contribution < -0.4 is 0 Å². The quantitative estimate of drug-likeness (QED) is 0.402. The van der Waals surface area contributed by atoms with E-state index in [0.29, 0.717) is 6.07 Å². The van der Waals surface area contributed by atoms with Crippen molar-refractivity contribution in [2.24, 2.45) is 0 Å². The van der Waals surface area contributed by atoms with Crippen LogP contribution in [0.2, 0.25) is 0 Å². The maximum atomic E-state index is 14.0. The molecule has 22 heavy (non-hydrogen) atoms. The Hall–Kier alpha value is -3.41. The zero-order valence-electron chi connectivity index (χ0n) is 10.6. The number of nitrogens with zero attached hydrogens (tertiary/aromatic N) is 3. The van der Waals surface area contributed by atoms with Gasteiger partial charge in [0.1, 0.15) is 11.6 Å². The third kappa shape index (κ3) is 2.45. The first-order chi connectivity index (χ1) is 10.4. The van der Waals surface area contributed by atoms with E-state index in [1.54, 1.807) is 0 Å². The second-order valence-electron chi connectivity index (χ2n) is 4.05. The fraction of sp³-hybridized carbons (Fsp3) is 0. The van der Waals surface area contributed by atoms with Crippen molar-refractivity contribution >= 4 is 28.6 Å². The number of nitro benzene ring substituents is 1. The number of pyridine rings is 1. The highest BCUT2D eigenvalue weighted by Gasteiger charge is 2.22. The normalized spacial score (nSPS) is 11.2. The van der Waals surface area contributed by atoms with E-state index >= 15 is 0 Å². The van der Waals surface area contributed by atoms with Gasteiger partial charge in [-0.05, 0) is 17.7 Å². The van der Waals surface area contributed by atoms with Gasteiger partial charge in [-0.15, -0.1) is 0 Å². The number of carboxylic acids is 1. The van der Waals surface area contributed by atoms with Crippen LogP contribution in [0, 0.1) is 33.1 Å². The van der Waals surface area contributed by atoms with Gasteiger partial charge in [0.2, 0.25) is 0 Å². The summed E-state index contributed by atoms with van der Waals surface area (Å²) >= 11 is 0. The molecule has 2 rings (SSSR count). The number of halogens is 2. The molecule has 2 aromatic rings. The Morgan fingerprint density at radius 1 is 1.50 bits per heavy atom. The van der Waals surface area contributed by atoms with Crippen LogP contribution in [-0.4, -0.2) is 21.0 Å². The van der Waals surface area contributed by atoms with Crippen LogP contribution in [0.15, 0.2) is 23.9 Å². The van der Waals surface area contributed by atoms with E-state index in [-0.39, 0.29) is 5.56 Å². The van der Waals surface area contributed by atoms with Gasteiger partial charge in [0.05, 0.1) is 16.4 Å². The number of aliphatic carboxylic acids is 1. The summed E-state index contributed by atoms with van der Waals surface area (Å²) in [7, 11) is 0. The number of carboxylic acid groups (broad SMARTS) is 1. The summed E-state index contributed by atoms with van der Waals surface area (Å²) in [5.74, 6) is -4.46. The van der Waals surface area contributed by atoms with E-state index in [1.165, 1.54) is 6.07 Å². The van der Waals surface area contributed by atoms with Crippen molar-refractivity contribution in [1.82, 2.24) is 4.98 Å². The number of benzene rings is 1. The van der Waals surface area contributed by atoms with E-state index in [4.69, 9.17) is 10.4 Å². The van der Waals surface area contributed by atoms with Crippen molar-refractivity contribution in [2.45, 2.75) is 0 Å². The molecule has 0 bridgehead atoms. The summed E-state index contributed by atoms with van der Waals surface area (Å²) in [6.07, 6.45) is 1.86. The summed E-state index contributed by atoms with van der Waals surface area (Å²) in [4.78, 5) is 24.4. The molecule has 0 amide bonds. The number of carbonyl (C=O) groups is 1. The summed E-state index contributed by atoms with van der Waals surface area (Å²) in [6.45, 7) is 0.